The number of carboxylic acids is 1. The Bertz CT molecular complexity index is 812. The SMILES string of the molecule is CCCCCCCCCC(C(=O)O)n1c2ccccc2c2ccccc21. The molecule has 3 nitrogen and oxygen atoms in total. The average molecular weight is 351 g/mol. The highest BCUT2D eigenvalue weighted by molar-refractivity contribution is 6.08. The van der Waals surface area contributed by atoms with Crippen LogP contribution in [0.25, 0.3) is 21.8 Å². The minimum atomic E-state index is -0.734. The fourth-order valence-corrected chi connectivity index (χ4v) is 3.95. The zero-order valence-electron chi connectivity index (χ0n) is 15.7. The van der Waals surface area contributed by atoms with Crippen molar-refractivity contribution in [1.29, 1.82) is 0 Å². The number of unbranched alkanes of at least 4 members (excludes halogenated alkanes) is 6. The number of aliphatic carboxylic acids is 1. The molecule has 3 heteroatoms. The number of fused-ring (bicyclic) bond motifs is 3. The smallest absolute Gasteiger partial charge is 0.326 e. The van der Waals surface area contributed by atoms with Crippen molar-refractivity contribution in [3.63, 3.8) is 0 Å². The molecule has 3 aromatic rings. The van der Waals surface area contributed by atoms with Gasteiger partial charge >= 0.3 is 5.97 Å². The molecule has 0 aliphatic heterocycles. The monoisotopic (exact) mass is 351 g/mol. The molecular formula is C23H29NO2. The standard InChI is InChI=1S/C23H29NO2/c1-2-3-4-5-6-7-8-17-22(23(25)26)24-20-15-11-9-13-18(20)19-14-10-12-16-21(19)24/h9-16,22H,2-8,17H2,1H3,(H,25,26). The summed E-state index contributed by atoms with van der Waals surface area (Å²) in [6, 6.07) is 15.8. The lowest BCUT2D eigenvalue weighted by Crippen LogP contribution is -2.19. The van der Waals surface area contributed by atoms with Gasteiger partial charge in [-0.2, -0.15) is 0 Å². The topological polar surface area (TPSA) is 42.2 Å². The van der Waals surface area contributed by atoms with E-state index in [1.54, 1.807) is 0 Å². The number of nitrogens with zero attached hydrogens (tertiary/aromatic N) is 1. The Morgan fingerprint density at radius 3 is 1.88 bits per heavy atom. The molecule has 1 heterocycles. The van der Waals surface area contributed by atoms with Crippen LogP contribution in [0.2, 0.25) is 0 Å². The maximum Gasteiger partial charge on any atom is 0.326 e. The third kappa shape index (κ3) is 3.92. The molecule has 26 heavy (non-hydrogen) atoms. The normalized spacial score (nSPS) is 12.7. The van der Waals surface area contributed by atoms with Crippen LogP contribution in [0.5, 0.6) is 0 Å². The first kappa shape index (κ1) is 18.5. The Morgan fingerprint density at radius 2 is 1.35 bits per heavy atom. The van der Waals surface area contributed by atoms with Gasteiger partial charge in [0.05, 0.1) is 0 Å². The summed E-state index contributed by atoms with van der Waals surface area (Å²) in [5.41, 5.74) is 2.04. The lowest BCUT2D eigenvalue weighted by molar-refractivity contribution is -0.140. The van der Waals surface area contributed by atoms with Crippen molar-refractivity contribution in [3.8, 4) is 0 Å². The summed E-state index contributed by atoms with van der Waals surface area (Å²) in [6.07, 6.45) is 9.10. The summed E-state index contributed by atoms with van der Waals surface area (Å²) < 4.78 is 2.03. The number of benzene rings is 2. The minimum Gasteiger partial charge on any atom is -0.480 e. The highest BCUT2D eigenvalue weighted by atomic mass is 16.4. The molecule has 0 saturated heterocycles. The van der Waals surface area contributed by atoms with Crippen LogP contribution in [0.15, 0.2) is 48.5 Å². The highest BCUT2D eigenvalue weighted by Gasteiger charge is 2.23. The molecule has 0 fully saturated rings. The summed E-state index contributed by atoms with van der Waals surface area (Å²) >= 11 is 0. The van der Waals surface area contributed by atoms with Crippen molar-refractivity contribution in [2.45, 2.75) is 64.3 Å². The van der Waals surface area contributed by atoms with Gasteiger partial charge in [-0.1, -0.05) is 88.3 Å². The molecule has 0 amide bonds. The Labute approximate surface area is 155 Å². The molecule has 0 aliphatic carbocycles. The van der Waals surface area contributed by atoms with E-state index in [1.165, 1.54) is 32.1 Å². The van der Waals surface area contributed by atoms with E-state index in [0.29, 0.717) is 6.42 Å². The van der Waals surface area contributed by atoms with Gasteiger partial charge in [0.25, 0.3) is 0 Å². The summed E-state index contributed by atoms with van der Waals surface area (Å²) in [4.78, 5) is 12.1. The molecule has 1 atom stereocenters. The molecule has 1 aromatic heterocycles. The number of para-hydroxylation sites is 2. The van der Waals surface area contributed by atoms with Crippen molar-refractivity contribution >= 4 is 27.8 Å². The number of aromatic nitrogens is 1. The van der Waals surface area contributed by atoms with Gasteiger partial charge in [-0.15, -0.1) is 0 Å². The summed E-state index contributed by atoms with van der Waals surface area (Å²) in [5, 5.41) is 12.2. The molecule has 1 unspecified atom stereocenters. The second-order valence-electron chi connectivity index (χ2n) is 7.17. The predicted molar refractivity (Wildman–Crippen MR) is 109 cm³/mol. The summed E-state index contributed by atoms with van der Waals surface area (Å²) in [7, 11) is 0. The lowest BCUT2D eigenvalue weighted by atomic mass is 10.0. The Balaban J connectivity index is 1.80. The van der Waals surface area contributed by atoms with E-state index < -0.39 is 12.0 Å². The Morgan fingerprint density at radius 1 is 0.846 bits per heavy atom. The second-order valence-corrected chi connectivity index (χ2v) is 7.17. The third-order valence-electron chi connectivity index (χ3n) is 5.30. The van der Waals surface area contributed by atoms with Crippen molar-refractivity contribution in [3.05, 3.63) is 48.5 Å². The van der Waals surface area contributed by atoms with Gasteiger partial charge in [0.15, 0.2) is 0 Å². The summed E-state index contributed by atoms with van der Waals surface area (Å²) in [6.45, 7) is 2.23. The Hall–Kier alpha value is -2.29. The second kappa shape index (κ2) is 8.88. The number of rotatable bonds is 10. The van der Waals surface area contributed by atoms with E-state index in [1.807, 2.05) is 41.0 Å². The van der Waals surface area contributed by atoms with Crippen LogP contribution in [0.1, 0.15) is 64.3 Å². The van der Waals surface area contributed by atoms with Crippen LogP contribution in [-0.4, -0.2) is 15.6 Å². The van der Waals surface area contributed by atoms with E-state index in [9.17, 15) is 9.90 Å². The van der Waals surface area contributed by atoms with Gasteiger partial charge in [0, 0.05) is 21.8 Å². The van der Waals surface area contributed by atoms with Gasteiger partial charge in [-0.25, -0.2) is 4.79 Å². The quantitative estimate of drug-likeness (QED) is 0.420. The molecule has 2 aromatic carbocycles. The zero-order valence-corrected chi connectivity index (χ0v) is 15.7. The van der Waals surface area contributed by atoms with Crippen LogP contribution in [-0.2, 0) is 4.79 Å². The van der Waals surface area contributed by atoms with Crippen LogP contribution >= 0.6 is 0 Å². The Kier molecular flexibility index (Phi) is 6.32. The number of hydrogen-bond donors (Lipinski definition) is 1. The molecule has 3 rings (SSSR count). The third-order valence-corrected chi connectivity index (χ3v) is 5.30. The molecule has 0 spiro atoms. The van der Waals surface area contributed by atoms with Crippen molar-refractivity contribution in [1.82, 2.24) is 4.57 Å². The average Bonchev–Trinajstić information content (AvgIpc) is 2.98. The molecule has 0 radical (unpaired) electrons. The molecule has 0 aliphatic rings. The molecule has 138 valence electrons. The number of hydrogen-bond acceptors (Lipinski definition) is 1. The van der Waals surface area contributed by atoms with E-state index >= 15 is 0 Å². The molecule has 1 N–H and O–H groups in total. The maximum atomic E-state index is 12.1. The van der Waals surface area contributed by atoms with Gasteiger partial charge in [-0.05, 0) is 18.6 Å². The van der Waals surface area contributed by atoms with Gasteiger partial charge < -0.3 is 9.67 Å². The zero-order chi connectivity index (χ0) is 18.4. The van der Waals surface area contributed by atoms with Gasteiger partial charge in [-0.3, -0.25) is 0 Å². The van der Waals surface area contributed by atoms with Crippen LogP contribution in [0.4, 0.5) is 0 Å². The first-order chi connectivity index (χ1) is 12.7. The molecule has 0 bridgehead atoms. The van der Waals surface area contributed by atoms with Crippen molar-refractivity contribution in [2.75, 3.05) is 0 Å². The van der Waals surface area contributed by atoms with Crippen molar-refractivity contribution in [2.24, 2.45) is 0 Å². The first-order valence-electron chi connectivity index (χ1n) is 9.94. The first-order valence-corrected chi connectivity index (χ1v) is 9.94. The minimum absolute atomic E-state index is 0.504. The molecular weight excluding hydrogens is 322 g/mol. The van der Waals surface area contributed by atoms with Gasteiger partial charge in [0.2, 0.25) is 0 Å². The largest absolute Gasteiger partial charge is 0.480 e. The van der Waals surface area contributed by atoms with E-state index in [2.05, 4.69) is 19.1 Å². The predicted octanol–water partition coefficient (Wildman–Crippen LogP) is 6.56. The van der Waals surface area contributed by atoms with Crippen LogP contribution in [0.3, 0.4) is 0 Å². The van der Waals surface area contributed by atoms with E-state index in [-0.39, 0.29) is 0 Å². The van der Waals surface area contributed by atoms with Crippen LogP contribution in [0, 0.1) is 0 Å². The highest BCUT2D eigenvalue weighted by Crippen LogP contribution is 2.33. The number of carbonyl (C=O) groups is 1. The van der Waals surface area contributed by atoms with Gasteiger partial charge in [0.1, 0.15) is 6.04 Å². The van der Waals surface area contributed by atoms with E-state index in [0.717, 1.165) is 34.6 Å². The van der Waals surface area contributed by atoms with Crippen molar-refractivity contribution < 1.29 is 9.90 Å². The van der Waals surface area contributed by atoms with Crippen LogP contribution < -0.4 is 0 Å². The summed E-state index contributed by atoms with van der Waals surface area (Å²) in [5.74, 6) is -0.734. The van der Waals surface area contributed by atoms with E-state index in [4.69, 9.17) is 0 Å². The fraction of sp³-hybridized carbons (Fsp3) is 0.435. The maximum absolute atomic E-state index is 12.1. The molecule has 0 saturated carbocycles. The number of carboxylic acid groups (broad SMARTS) is 1. The lowest BCUT2D eigenvalue weighted by Gasteiger charge is -2.17. The fourth-order valence-electron chi connectivity index (χ4n) is 3.95.